The first-order chi connectivity index (χ1) is 19.8. The van der Waals surface area contributed by atoms with Crippen LogP contribution in [0, 0.1) is 34.5 Å². The number of halogens is 1. The number of nitrogens with zero attached hydrogens (tertiary/aromatic N) is 2. The van der Waals surface area contributed by atoms with Gasteiger partial charge < -0.3 is 19.8 Å². The number of rotatable bonds is 10. The van der Waals surface area contributed by atoms with E-state index in [1.54, 1.807) is 37.4 Å². The van der Waals surface area contributed by atoms with Crippen LogP contribution in [-0.2, 0) is 11.2 Å². The highest BCUT2D eigenvalue weighted by Gasteiger charge is 2.59. The van der Waals surface area contributed by atoms with E-state index < -0.39 is 12.3 Å². The minimum atomic E-state index is -0.998. The molecule has 1 amide bonds. The molecule has 41 heavy (non-hydrogen) atoms. The van der Waals surface area contributed by atoms with Gasteiger partial charge in [0, 0.05) is 31.7 Å². The number of methoxy groups -OCH3 is 1. The van der Waals surface area contributed by atoms with E-state index in [-0.39, 0.29) is 28.9 Å². The summed E-state index contributed by atoms with van der Waals surface area (Å²) in [5.74, 6) is 0.782. The fourth-order valence-electron chi connectivity index (χ4n) is 8.31. The van der Waals surface area contributed by atoms with Crippen molar-refractivity contribution in [1.82, 2.24) is 4.90 Å². The van der Waals surface area contributed by atoms with Gasteiger partial charge in [-0.25, -0.2) is 4.39 Å². The molecule has 0 saturated heterocycles. The highest BCUT2D eigenvalue weighted by atomic mass is 19.1. The van der Waals surface area contributed by atoms with Gasteiger partial charge in [0.2, 0.25) is 0 Å². The molecule has 0 radical (unpaired) electrons. The fourth-order valence-corrected chi connectivity index (χ4v) is 8.31. The molecule has 2 aromatic carbocycles. The number of phenols is 1. The van der Waals surface area contributed by atoms with Crippen molar-refractivity contribution in [3.05, 3.63) is 64.7 Å². The van der Waals surface area contributed by atoms with Crippen molar-refractivity contribution in [1.29, 1.82) is 5.26 Å². The second-order valence-corrected chi connectivity index (χ2v) is 12.7. The standard InChI is InChI=1S/C34H43FN2O4/c1-34-20-29(35)32-27-12-11-26(38)19-25(27)18-24(31(32)28(34)13-14-30(34)39)6-4-3-5-15-37(16-17-41-2)33(40)23-9-7-22(21-36)8-10-23/h7-12,19,24,28-32,38-39H,3-6,13-18,20H2,1-2H3/t24-,28?,29+,30+,31?,32?,34+/m1/s1. The maximum Gasteiger partial charge on any atom is 0.253 e. The Hall–Kier alpha value is -2.95. The molecule has 2 saturated carbocycles. The lowest BCUT2D eigenvalue weighted by atomic mass is 9.51. The van der Waals surface area contributed by atoms with Gasteiger partial charge in [0.1, 0.15) is 11.9 Å². The SMILES string of the molecule is COCCN(CCCCC[C@@H]1Cc2cc(O)ccc2C2C1C1CC[C@H](O)[C@@]1(C)C[C@@H]2F)C(=O)c1ccc(C#N)cc1. The van der Waals surface area contributed by atoms with Crippen molar-refractivity contribution in [2.24, 2.45) is 23.2 Å². The van der Waals surface area contributed by atoms with Crippen LogP contribution in [0.25, 0.3) is 0 Å². The highest BCUT2D eigenvalue weighted by Crippen LogP contribution is 2.63. The number of ether oxygens (including phenoxy) is 1. The monoisotopic (exact) mass is 562 g/mol. The normalized spacial score (nSPS) is 30.1. The third-order valence-electron chi connectivity index (χ3n) is 10.4. The lowest BCUT2D eigenvalue weighted by molar-refractivity contribution is -0.0722. The van der Waals surface area contributed by atoms with Crippen LogP contribution in [0.4, 0.5) is 4.39 Å². The Morgan fingerprint density at radius 3 is 2.66 bits per heavy atom. The Morgan fingerprint density at radius 2 is 1.93 bits per heavy atom. The summed E-state index contributed by atoms with van der Waals surface area (Å²) in [4.78, 5) is 15.0. The number of benzene rings is 2. The van der Waals surface area contributed by atoms with Crippen LogP contribution in [0.15, 0.2) is 42.5 Å². The van der Waals surface area contributed by atoms with Gasteiger partial charge in [0.25, 0.3) is 5.91 Å². The van der Waals surface area contributed by atoms with E-state index in [0.29, 0.717) is 49.1 Å². The molecule has 7 heteroatoms. The number of amides is 1. The molecule has 220 valence electrons. The second-order valence-electron chi connectivity index (χ2n) is 12.7. The van der Waals surface area contributed by atoms with Crippen molar-refractivity contribution < 1.29 is 24.1 Å². The number of unbranched alkanes of at least 4 members (excludes halogenated alkanes) is 2. The first-order valence-electron chi connectivity index (χ1n) is 15.2. The molecule has 2 fully saturated rings. The van der Waals surface area contributed by atoms with E-state index in [2.05, 4.69) is 13.0 Å². The van der Waals surface area contributed by atoms with Gasteiger partial charge in [-0.15, -0.1) is 0 Å². The maximum absolute atomic E-state index is 16.0. The topological polar surface area (TPSA) is 93.8 Å². The molecular formula is C34H43FN2O4. The van der Waals surface area contributed by atoms with E-state index in [1.165, 1.54) is 0 Å². The van der Waals surface area contributed by atoms with Crippen molar-refractivity contribution in [3.63, 3.8) is 0 Å². The molecule has 0 aliphatic heterocycles. The van der Waals surface area contributed by atoms with Crippen molar-refractivity contribution in [3.8, 4) is 11.8 Å². The molecule has 0 bridgehead atoms. The summed E-state index contributed by atoms with van der Waals surface area (Å²) < 4.78 is 21.2. The number of aliphatic hydroxyl groups excluding tert-OH is 1. The number of hydrogen-bond donors (Lipinski definition) is 2. The number of carbonyl (C=O) groups excluding carboxylic acids is 1. The molecule has 0 spiro atoms. The Balaban J connectivity index is 1.25. The zero-order valence-electron chi connectivity index (χ0n) is 24.3. The van der Waals surface area contributed by atoms with E-state index in [4.69, 9.17) is 10.00 Å². The Kier molecular flexibility index (Phi) is 9.01. The average Bonchev–Trinajstić information content (AvgIpc) is 3.26. The van der Waals surface area contributed by atoms with Crippen LogP contribution in [0.1, 0.15) is 84.8 Å². The summed E-state index contributed by atoms with van der Waals surface area (Å²) in [7, 11) is 1.63. The minimum Gasteiger partial charge on any atom is -0.508 e. The fraction of sp³-hybridized carbons (Fsp3) is 0.588. The molecule has 3 aliphatic carbocycles. The number of nitriles is 1. The molecule has 2 N–H and O–H groups in total. The highest BCUT2D eigenvalue weighted by molar-refractivity contribution is 5.94. The summed E-state index contributed by atoms with van der Waals surface area (Å²) in [5, 5.41) is 30.1. The second kappa shape index (κ2) is 12.5. The summed E-state index contributed by atoms with van der Waals surface area (Å²) in [6.07, 6.45) is 5.24. The lowest BCUT2D eigenvalue weighted by Crippen LogP contribution is -2.51. The van der Waals surface area contributed by atoms with E-state index in [1.807, 2.05) is 17.0 Å². The molecule has 2 aromatic rings. The maximum atomic E-state index is 16.0. The Morgan fingerprint density at radius 1 is 1.15 bits per heavy atom. The number of fused-ring (bicyclic) bond motifs is 5. The van der Waals surface area contributed by atoms with Crippen molar-refractivity contribution >= 4 is 5.91 Å². The quantitative estimate of drug-likeness (QED) is 0.346. The zero-order chi connectivity index (χ0) is 29.1. The smallest absolute Gasteiger partial charge is 0.253 e. The number of aliphatic hydroxyl groups is 1. The number of alkyl halides is 1. The number of aromatic hydroxyl groups is 1. The van der Waals surface area contributed by atoms with Crippen molar-refractivity contribution in [2.75, 3.05) is 26.8 Å². The van der Waals surface area contributed by atoms with Gasteiger partial charge in [0.05, 0.1) is 24.3 Å². The molecule has 7 atom stereocenters. The van der Waals surface area contributed by atoms with Gasteiger partial charge in [-0.05, 0) is 109 Å². The predicted octanol–water partition coefficient (Wildman–Crippen LogP) is 6.00. The zero-order valence-corrected chi connectivity index (χ0v) is 24.3. The van der Waals surface area contributed by atoms with Crippen LogP contribution in [0.3, 0.4) is 0 Å². The van der Waals surface area contributed by atoms with Gasteiger partial charge in [0.15, 0.2) is 0 Å². The molecule has 3 unspecified atom stereocenters. The third-order valence-corrected chi connectivity index (χ3v) is 10.4. The third kappa shape index (κ3) is 5.87. The molecule has 6 nitrogen and oxygen atoms in total. The Labute approximate surface area is 243 Å². The van der Waals surface area contributed by atoms with Gasteiger partial charge >= 0.3 is 0 Å². The van der Waals surface area contributed by atoms with Gasteiger partial charge in [-0.2, -0.15) is 5.26 Å². The van der Waals surface area contributed by atoms with Crippen LogP contribution in [-0.4, -0.2) is 60.1 Å². The first-order valence-corrected chi connectivity index (χ1v) is 15.2. The molecular weight excluding hydrogens is 519 g/mol. The van der Waals surface area contributed by atoms with Crippen molar-refractivity contribution in [2.45, 2.75) is 76.5 Å². The number of phenolic OH excluding ortho intramolecular Hbond substituents is 1. The summed E-state index contributed by atoms with van der Waals surface area (Å²) in [5.41, 5.74) is 2.84. The van der Waals surface area contributed by atoms with Gasteiger partial charge in [-0.1, -0.05) is 25.8 Å². The summed E-state index contributed by atoms with van der Waals surface area (Å²) in [6.45, 7) is 3.67. The van der Waals surface area contributed by atoms with E-state index >= 15 is 4.39 Å². The van der Waals surface area contributed by atoms with Crippen LogP contribution < -0.4 is 0 Å². The molecule has 0 aromatic heterocycles. The first kappa shape index (κ1) is 29.5. The minimum absolute atomic E-state index is 0.0617. The number of carbonyl (C=O) groups is 1. The largest absolute Gasteiger partial charge is 0.508 e. The lowest BCUT2D eigenvalue weighted by Gasteiger charge is -2.54. The molecule has 3 aliphatic rings. The summed E-state index contributed by atoms with van der Waals surface area (Å²) in [6, 6.07) is 14.3. The van der Waals surface area contributed by atoms with Gasteiger partial charge in [-0.3, -0.25) is 4.79 Å². The molecule has 5 rings (SSSR count). The van der Waals surface area contributed by atoms with Crippen LogP contribution in [0.5, 0.6) is 5.75 Å². The van der Waals surface area contributed by atoms with Crippen LogP contribution in [0.2, 0.25) is 0 Å². The Bertz CT molecular complexity index is 1260. The summed E-state index contributed by atoms with van der Waals surface area (Å²) >= 11 is 0. The average molecular weight is 563 g/mol. The van der Waals surface area contributed by atoms with E-state index in [9.17, 15) is 15.0 Å². The number of hydrogen-bond acceptors (Lipinski definition) is 5. The van der Waals surface area contributed by atoms with Crippen LogP contribution >= 0.6 is 0 Å². The van der Waals surface area contributed by atoms with E-state index in [0.717, 1.165) is 56.1 Å². The predicted molar refractivity (Wildman–Crippen MR) is 155 cm³/mol. The molecule has 0 heterocycles.